The smallest absolute Gasteiger partial charge is 0.336 e. The van der Waals surface area contributed by atoms with Crippen molar-refractivity contribution in [3.63, 3.8) is 0 Å². The summed E-state index contributed by atoms with van der Waals surface area (Å²) in [6.45, 7) is 3.98. The van der Waals surface area contributed by atoms with Gasteiger partial charge in [0, 0.05) is 17.2 Å². The van der Waals surface area contributed by atoms with E-state index < -0.39 is 0 Å². The number of hydrogen-bond donors (Lipinski definition) is 0. The summed E-state index contributed by atoms with van der Waals surface area (Å²) >= 11 is 1.50. The molecule has 0 radical (unpaired) electrons. The molecule has 6 heteroatoms. The maximum Gasteiger partial charge on any atom is 0.336 e. The molecule has 0 fully saturated rings. The summed E-state index contributed by atoms with van der Waals surface area (Å²) in [4.78, 5) is 16.3. The fourth-order valence-corrected chi connectivity index (χ4v) is 3.60. The van der Waals surface area contributed by atoms with Crippen LogP contribution in [0.25, 0.3) is 16.7 Å². The Hall–Kier alpha value is -2.86. The molecule has 0 bridgehead atoms. The van der Waals surface area contributed by atoms with Crippen molar-refractivity contribution < 1.29 is 4.42 Å². The molecule has 2 aromatic carbocycles. The van der Waals surface area contributed by atoms with Crippen LogP contribution in [0, 0.1) is 13.8 Å². The first kappa shape index (κ1) is 16.6. The van der Waals surface area contributed by atoms with Gasteiger partial charge in [-0.25, -0.2) is 14.5 Å². The van der Waals surface area contributed by atoms with Gasteiger partial charge >= 0.3 is 5.63 Å². The molecule has 130 valence electrons. The van der Waals surface area contributed by atoms with E-state index in [1.165, 1.54) is 11.8 Å². The summed E-state index contributed by atoms with van der Waals surface area (Å²) in [5, 5.41) is 6.12. The van der Waals surface area contributed by atoms with Crippen LogP contribution in [-0.4, -0.2) is 14.8 Å². The van der Waals surface area contributed by atoms with Crippen molar-refractivity contribution >= 4 is 22.7 Å². The molecular weight excluding hydrogens is 346 g/mol. The Balaban J connectivity index is 1.62. The number of benzene rings is 2. The molecular formula is C20H17N3O2S. The molecule has 0 aliphatic carbocycles. The lowest BCUT2D eigenvalue weighted by Gasteiger charge is -2.08. The topological polar surface area (TPSA) is 60.9 Å². The number of aryl methyl sites for hydroxylation is 2. The van der Waals surface area contributed by atoms with E-state index in [2.05, 4.69) is 10.1 Å². The van der Waals surface area contributed by atoms with Gasteiger partial charge < -0.3 is 4.42 Å². The fourth-order valence-electron chi connectivity index (χ4n) is 2.81. The molecule has 0 spiro atoms. The second-order valence-electron chi connectivity index (χ2n) is 6.07. The minimum absolute atomic E-state index is 0.329. The normalized spacial score (nSPS) is 11.2. The largest absolute Gasteiger partial charge is 0.422 e. The maximum atomic E-state index is 12.0. The molecule has 0 atom stereocenters. The molecule has 0 saturated heterocycles. The highest BCUT2D eigenvalue weighted by atomic mass is 32.2. The predicted molar refractivity (Wildman–Crippen MR) is 103 cm³/mol. The Kier molecular flexibility index (Phi) is 4.34. The Morgan fingerprint density at radius 2 is 1.92 bits per heavy atom. The molecule has 0 aliphatic rings. The quantitative estimate of drug-likeness (QED) is 0.400. The number of nitrogens with zero attached hydrogens (tertiary/aromatic N) is 3. The number of hydrogen-bond acceptors (Lipinski definition) is 5. The Morgan fingerprint density at radius 3 is 2.73 bits per heavy atom. The van der Waals surface area contributed by atoms with Crippen LogP contribution in [-0.2, 0) is 5.75 Å². The van der Waals surface area contributed by atoms with Gasteiger partial charge in [-0.2, -0.15) is 0 Å². The van der Waals surface area contributed by atoms with Gasteiger partial charge in [0.2, 0.25) is 5.16 Å². The Morgan fingerprint density at radius 1 is 1.12 bits per heavy atom. The second kappa shape index (κ2) is 6.80. The van der Waals surface area contributed by atoms with Crippen LogP contribution >= 0.6 is 11.8 Å². The number of rotatable bonds is 4. The third-order valence-electron chi connectivity index (χ3n) is 4.37. The lowest BCUT2D eigenvalue weighted by Crippen LogP contribution is -2.01. The third-order valence-corrected chi connectivity index (χ3v) is 5.27. The van der Waals surface area contributed by atoms with Gasteiger partial charge in [-0.3, -0.25) is 0 Å². The summed E-state index contributed by atoms with van der Waals surface area (Å²) in [6.07, 6.45) is 1.70. The zero-order chi connectivity index (χ0) is 18.1. The summed E-state index contributed by atoms with van der Waals surface area (Å²) < 4.78 is 7.17. The maximum absolute atomic E-state index is 12.0. The molecule has 4 rings (SSSR count). The van der Waals surface area contributed by atoms with Gasteiger partial charge in [-0.1, -0.05) is 42.1 Å². The van der Waals surface area contributed by atoms with Crippen molar-refractivity contribution in [1.29, 1.82) is 0 Å². The second-order valence-corrected chi connectivity index (χ2v) is 7.01. The summed E-state index contributed by atoms with van der Waals surface area (Å²) in [5.74, 6) is 0.601. The summed E-state index contributed by atoms with van der Waals surface area (Å²) in [5.41, 5.74) is 4.33. The SMILES string of the molecule is Cc1ccc2c(CSc3ncn(-c4ccccc4)n3)cc(=O)oc2c1C. The van der Waals surface area contributed by atoms with E-state index in [1.807, 2.05) is 56.3 Å². The number of thioether (sulfide) groups is 1. The zero-order valence-electron chi connectivity index (χ0n) is 14.5. The van der Waals surface area contributed by atoms with Crippen LogP contribution in [0.15, 0.2) is 69.2 Å². The van der Waals surface area contributed by atoms with Crippen LogP contribution in [0.5, 0.6) is 0 Å². The van der Waals surface area contributed by atoms with Gasteiger partial charge in [0.1, 0.15) is 11.9 Å². The molecule has 4 aromatic rings. The van der Waals surface area contributed by atoms with E-state index in [0.29, 0.717) is 16.5 Å². The predicted octanol–water partition coefficient (Wildman–Crippen LogP) is 4.28. The zero-order valence-corrected chi connectivity index (χ0v) is 15.3. The molecule has 2 aromatic heterocycles. The number of para-hydroxylation sites is 1. The van der Waals surface area contributed by atoms with E-state index in [4.69, 9.17) is 4.42 Å². The molecule has 0 unspecified atom stereocenters. The van der Waals surface area contributed by atoms with Gasteiger partial charge in [-0.05, 0) is 42.7 Å². The highest BCUT2D eigenvalue weighted by molar-refractivity contribution is 7.98. The molecule has 0 saturated carbocycles. The van der Waals surface area contributed by atoms with Crippen LogP contribution < -0.4 is 5.63 Å². The minimum Gasteiger partial charge on any atom is -0.422 e. The van der Waals surface area contributed by atoms with E-state index in [1.54, 1.807) is 17.1 Å². The van der Waals surface area contributed by atoms with Crippen molar-refractivity contribution in [1.82, 2.24) is 14.8 Å². The standard InChI is InChI=1S/C20H17N3O2S/c1-13-8-9-17-15(10-18(24)25-19(17)14(13)2)11-26-20-21-12-23(22-20)16-6-4-3-5-7-16/h3-10,12H,11H2,1-2H3. The molecule has 0 aliphatic heterocycles. The van der Waals surface area contributed by atoms with Crippen molar-refractivity contribution in [2.75, 3.05) is 0 Å². The Labute approximate surface area is 154 Å². The molecule has 5 nitrogen and oxygen atoms in total. The van der Waals surface area contributed by atoms with Crippen molar-refractivity contribution in [2.24, 2.45) is 0 Å². The summed E-state index contributed by atoms with van der Waals surface area (Å²) in [6, 6.07) is 15.5. The molecule has 0 amide bonds. The van der Waals surface area contributed by atoms with Crippen LogP contribution in [0.3, 0.4) is 0 Å². The first-order valence-corrected chi connectivity index (χ1v) is 9.23. The van der Waals surface area contributed by atoms with E-state index in [0.717, 1.165) is 27.8 Å². The number of aromatic nitrogens is 3. The molecule has 0 N–H and O–H groups in total. The average molecular weight is 363 g/mol. The average Bonchev–Trinajstić information content (AvgIpc) is 3.13. The van der Waals surface area contributed by atoms with Crippen molar-refractivity contribution in [3.8, 4) is 5.69 Å². The van der Waals surface area contributed by atoms with E-state index in [-0.39, 0.29) is 5.63 Å². The monoisotopic (exact) mass is 363 g/mol. The lowest BCUT2D eigenvalue weighted by atomic mass is 10.0. The number of fused-ring (bicyclic) bond motifs is 1. The van der Waals surface area contributed by atoms with Crippen molar-refractivity contribution in [3.05, 3.63) is 82.0 Å². The van der Waals surface area contributed by atoms with Gasteiger partial charge in [0.05, 0.1) is 5.69 Å². The summed E-state index contributed by atoms with van der Waals surface area (Å²) in [7, 11) is 0. The first-order chi connectivity index (χ1) is 12.6. The first-order valence-electron chi connectivity index (χ1n) is 8.24. The van der Waals surface area contributed by atoms with Gasteiger partial charge in [-0.15, -0.1) is 5.10 Å². The van der Waals surface area contributed by atoms with Gasteiger partial charge in [0.25, 0.3) is 0 Å². The lowest BCUT2D eigenvalue weighted by molar-refractivity contribution is 0.557. The van der Waals surface area contributed by atoms with E-state index in [9.17, 15) is 4.79 Å². The molecule has 2 heterocycles. The van der Waals surface area contributed by atoms with Gasteiger partial charge in [0.15, 0.2) is 0 Å². The highest BCUT2D eigenvalue weighted by Gasteiger charge is 2.11. The van der Waals surface area contributed by atoms with Crippen LogP contribution in [0.4, 0.5) is 0 Å². The molecule has 26 heavy (non-hydrogen) atoms. The highest BCUT2D eigenvalue weighted by Crippen LogP contribution is 2.27. The van der Waals surface area contributed by atoms with Crippen molar-refractivity contribution in [2.45, 2.75) is 24.8 Å². The van der Waals surface area contributed by atoms with Crippen LogP contribution in [0.2, 0.25) is 0 Å². The minimum atomic E-state index is -0.329. The fraction of sp³-hybridized carbons (Fsp3) is 0.150. The van der Waals surface area contributed by atoms with Crippen LogP contribution in [0.1, 0.15) is 16.7 Å². The Bertz CT molecular complexity index is 1130. The third kappa shape index (κ3) is 3.15. The van der Waals surface area contributed by atoms with E-state index >= 15 is 0 Å².